The molecule has 0 aliphatic carbocycles. The molecule has 1 N–H and O–H groups in total. The molecule has 0 radical (unpaired) electrons. The molecule has 1 aliphatic heterocycles. The average Bonchev–Trinajstić information content (AvgIpc) is 2.33. The van der Waals surface area contributed by atoms with Crippen LogP contribution in [0, 0.1) is 0 Å². The highest BCUT2D eigenvalue weighted by atomic mass is 16.6. The minimum Gasteiger partial charge on any atom is -0.494 e. The van der Waals surface area contributed by atoms with Crippen LogP contribution in [-0.4, -0.2) is 42.8 Å². The number of hydroxylamine groups is 3. The normalized spacial score (nSPS) is 18.9. The third kappa shape index (κ3) is 3.43. The molecule has 0 spiro atoms. The molecule has 0 atom stereocenters. The van der Waals surface area contributed by atoms with Crippen LogP contribution in [0.4, 0.5) is 0 Å². The summed E-state index contributed by atoms with van der Waals surface area (Å²) < 4.78 is 10.7. The van der Waals surface area contributed by atoms with Crippen molar-refractivity contribution in [3.05, 3.63) is 29.8 Å². The first kappa shape index (κ1) is 12.4. The van der Waals surface area contributed by atoms with Gasteiger partial charge in [0.05, 0.1) is 19.8 Å². The maximum atomic E-state index is 10.3. The van der Waals surface area contributed by atoms with E-state index in [0.717, 1.165) is 11.3 Å². The van der Waals surface area contributed by atoms with E-state index in [1.165, 1.54) is 0 Å². The van der Waals surface area contributed by atoms with Gasteiger partial charge >= 0.3 is 0 Å². The summed E-state index contributed by atoms with van der Waals surface area (Å²) in [7, 11) is 0. The van der Waals surface area contributed by atoms with Gasteiger partial charge in [-0.25, -0.2) is 5.21 Å². The topological polar surface area (TPSA) is 38.7 Å². The van der Waals surface area contributed by atoms with E-state index in [1.807, 2.05) is 31.2 Å². The number of ether oxygens (including phenoxy) is 2. The van der Waals surface area contributed by atoms with Crippen LogP contribution >= 0.6 is 0 Å². The molecular weight excluding hydrogens is 218 g/mol. The van der Waals surface area contributed by atoms with Gasteiger partial charge in [-0.15, -0.1) is 0 Å². The van der Waals surface area contributed by atoms with Gasteiger partial charge in [0.2, 0.25) is 0 Å². The average molecular weight is 238 g/mol. The molecule has 1 saturated heterocycles. The lowest BCUT2D eigenvalue weighted by Crippen LogP contribution is -2.51. The van der Waals surface area contributed by atoms with Crippen molar-refractivity contribution in [3.8, 4) is 5.75 Å². The number of quaternary nitrogens is 1. The summed E-state index contributed by atoms with van der Waals surface area (Å²) in [5.41, 5.74) is 1.12. The van der Waals surface area contributed by atoms with E-state index in [-0.39, 0.29) is 4.65 Å². The SMILES string of the molecule is CCOc1ccc(C[N+]2(O)CCOCC2)cc1. The molecule has 94 valence electrons. The third-order valence-corrected chi connectivity index (χ3v) is 3.01. The number of rotatable bonds is 4. The fraction of sp³-hybridized carbons (Fsp3) is 0.538. The Morgan fingerprint density at radius 1 is 1.24 bits per heavy atom. The van der Waals surface area contributed by atoms with Crippen LogP contribution < -0.4 is 4.74 Å². The fourth-order valence-electron chi connectivity index (χ4n) is 2.04. The van der Waals surface area contributed by atoms with Gasteiger partial charge in [-0.3, -0.25) is 0 Å². The van der Waals surface area contributed by atoms with Gasteiger partial charge in [-0.2, -0.15) is 4.65 Å². The fourth-order valence-corrected chi connectivity index (χ4v) is 2.04. The van der Waals surface area contributed by atoms with Crippen molar-refractivity contribution in [1.29, 1.82) is 0 Å². The predicted octanol–water partition coefficient (Wildman–Crippen LogP) is 1.82. The van der Waals surface area contributed by atoms with Crippen LogP contribution in [0.15, 0.2) is 24.3 Å². The van der Waals surface area contributed by atoms with Crippen molar-refractivity contribution in [2.75, 3.05) is 32.9 Å². The Hall–Kier alpha value is -1.10. The lowest BCUT2D eigenvalue weighted by Gasteiger charge is -2.33. The zero-order valence-corrected chi connectivity index (χ0v) is 10.3. The highest BCUT2D eigenvalue weighted by Crippen LogP contribution is 2.17. The molecule has 1 aromatic carbocycles. The molecule has 1 aliphatic rings. The lowest BCUT2D eigenvalue weighted by molar-refractivity contribution is -1.12. The van der Waals surface area contributed by atoms with Crippen LogP contribution in [-0.2, 0) is 11.3 Å². The first-order valence-corrected chi connectivity index (χ1v) is 6.10. The van der Waals surface area contributed by atoms with Crippen LogP contribution in [0.5, 0.6) is 5.75 Å². The monoisotopic (exact) mass is 238 g/mol. The highest BCUT2D eigenvalue weighted by Gasteiger charge is 2.29. The van der Waals surface area contributed by atoms with E-state index in [4.69, 9.17) is 9.47 Å². The Morgan fingerprint density at radius 2 is 1.88 bits per heavy atom. The number of hydrogen-bond donors (Lipinski definition) is 1. The van der Waals surface area contributed by atoms with Crippen molar-refractivity contribution < 1.29 is 19.3 Å². The van der Waals surface area contributed by atoms with Gasteiger partial charge in [0, 0.05) is 5.56 Å². The summed E-state index contributed by atoms with van der Waals surface area (Å²) in [6.07, 6.45) is 0. The van der Waals surface area contributed by atoms with Gasteiger partial charge in [0.25, 0.3) is 0 Å². The molecule has 0 bridgehead atoms. The first-order chi connectivity index (χ1) is 8.22. The van der Waals surface area contributed by atoms with E-state index in [9.17, 15) is 5.21 Å². The number of benzene rings is 1. The van der Waals surface area contributed by atoms with Crippen molar-refractivity contribution in [3.63, 3.8) is 0 Å². The molecular formula is C13H20NO3+. The van der Waals surface area contributed by atoms with Gasteiger partial charge in [0.15, 0.2) is 0 Å². The van der Waals surface area contributed by atoms with Crippen LogP contribution in [0.2, 0.25) is 0 Å². The Balaban J connectivity index is 1.97. The third-order valence-electron chi connectivity index (χ3n) is 3.01. The van der Waals surface area contributed by atoms with E-state index in [2.05, 4.69) is 0 Å². The van der Waals surface area contributed by atoms with E-state index in [0.29, 0.717) is 39.5 Å². The van der Waals surface area contributed by atoms with Gasteiger partial charge in [-0.05, 0) is 31.2 Å². The standard InChI is InChI=1S/C13H20NO3/c1-2-17-13-5-3-12(4-6-13)11-14(15)7-9-16-10-8-14/h3-6,15H,2,7-11H2,1H3/q+1. The van der Waals surface area contributed by atoms with Crippen molar-refractivity contribution in [2.24, 2.45) is 0 Å². The summed E-state index contributed by atoms with van der Waals surface area (Å²) >= 11 is 0. The Labute approximate surface area is 102 Å². The molecule has 0 unspecified atom stereocenters. The quantitative estimate of drug-likeness (QED) is 0.813. The molecule has 1 heterocycles. The van der Waals surface area contributed by atoms with E-state index < -0.39 is 0 Å². The maximum absolute atomic E-state index is 10.3. The van der Waals surface area contributed by atoms with E-state index >= 15 is 0 Å². The molecule has 1 fully saturated rings. The van der Waals surface area contributed by atoms with Crippen molar-refractivity contribution in [2.45, 2.75) is 13.5 Å². The molecule has 1 aromatic rings. The second kappa shape index (κ2) is 5.49. The van der Waals surface area contributed by atoms with Gasteiger partial charge in [0.1, 0.15) is 25.4 Å². The molecule has 0 saturated carbocycles. The zero-order chi connectivity index (χ0) is 12.1. The smallest absolute Gasteiger partial charge is 0.134 e. The van der Waals surface area contributed by atoms with Crippen molar-refractivity contribution in [1.82, 2.24) is 0 Å². The van der Waals surface area contributed by atoms with Gasteiger partial charge in [-0.1, -0.05) is 0 Å². The largest absolute Gasteiger partial charge is 0.494 e. The second-order valence-corrected chi connectivity index (χ2v) is 4.39. The summed E-state index contributed by atoms with van der Waals surface area (Å²) in [6.45, 7) is 5.86. The van der Waals surface area contributed by atoms with Crippen LogP contribution in [0.1, 0.15) is 12.5 Å². The number of hydrogen-bond acceptors (Lipinski definition) is 3. The van der Waals surface area contributed by atoms with Crippen LogP contribution in [0.25, 0.3) is 0 Å². The zero-order valence-electron chi connectivity index (χ0n) is 10.3. The van der Waals surface area contributed by atoms with Crippen LogP contribution in [0.3, 0.4) is 0 Å². The summed E-state index contributed by atoms with van der Waals surface area (Å²) in [6, 6.07) is 7.92. The Morgan fingerprint density at radius 3 is 2.47 bits per heavy atom. The summed E-state index contributed by atoms with van der Waals surface area (Å²) in [5.74, 6) is 0.878. The molecule has 4 heteroatoms. The molecule has 4 nitrogen and oxygen atoms in total. The minimum absolute atomic E-state index is 0.0774. The van der Waals surface area contributed by atoms with Crippen molar-refractivity contribution >= 4 is 0 Å². The molecule has 2 rings (SSSR count). The first-order valence-electron chi connectivity index (χ1n) is 6.10. The molecule has 0 aromatic heterocycles. The Bertz CT molecular complexity index is 344. The molecule has 0 amide bonds. The minimum atomic E-state index is 0.0774. The van der Waals surface area contributed by atoms with Gasteiger partial charge < -0.3 is 9.47 Å². The summed E-state index contributed by atoms with van der Waals surface area (Å²) in [4.78, 5) is 0. The molecule has 17 heavy (non-hydrogen) atoms. The number of morpholine rings is 1. The predicted molar refractivity (Wildman–Crippen MR) is 63.9 cm³/mol. The highest BCUT2D eigenvalue weighted by molar-refractivity contribution is 5.26. The maximum Gasteiger partial charge on any atom is 0.134 e. The second-order valence-electron chi connectivity index (χ2n) is 4.39. The Kier molecular flexibility index (Phi) is 3.99. The summed E-state index contributed by atoms with van der Waals surface area (Å²) in [5, 5.41) is 10.3. The van der Waals surface area contributed by atoms with E-state index in [1.54, 1.807) is 0 Å². The number of nitrogens with zero attached hydrogens (tertiary/aromatic N) is 1. The lowest BCUT2D eigenvalue weighted by atomic mass is 10.2.